The minimum absolute atomic E-state index is 0.795. The van der Waals surface area contributed by atoms with Crippen LogP contribution in [-0.4, -0.2) is 37.1 Å². The third-order valence-corrected chi connectivity index (χ3v) is 4.45. The summed E-state index contributed by atoms with van der Waals surface area (Å²) in [6.07, 6.45) is 8.65. The zero-order chi connectivity index (χ0) is 12.9. The van der Waals surface area contributed by atoms with Crippen molar-refractivity contribution < 1.29 is 0 Å². The zero-order valence-electron chi connectivity index (χ0n) is 11.6. The van der Waals surface area contributed by atoms with Crippen LogP contribution in [0.3, 0.4) is 0 Å². The molecule has 2 aliphatic heterocycles. The van der Waals surface area contributed by atoms with E-state index >= 15 is 0 Å². The smallest absolute Gasteiger partial charge is 0.0166 e. The lowest BCUT2D eigenvalue weighted by molar-refractivity contribution is 0.124. The highest BCUT2D eigenvalue weighted by molar-refractivity contribution is 5.48. The first-order chi connectivity index (χ1) is 9.42. The lowest BCUT2D eigenvalue weighted by Crippen LogP contribution is -2.52. The minimum atomic E-state index is 0.795. The molecule has 0 amide bonds. The summed E-state index contributed by atoms with van der Waals surface area (Å²) in [6.45, 7) is 4.84. The van der Waals surface area contributed by atoms with Gasteiger partial charge in [0.15, 0.2) is 0 Å². The molecule has 0 bridgehead atoms. The van der Waals surface area contributed by atoms with Crippen molar-refractivity contribution in [3.05, 3.63) is 42.0 Å². The Balaban J connectivity index is 1.49. The summed E-state index contributed by atoms with van der Waals surface area (Å²) in [5.74, 6) is 0.882. The first kappa shape index (κ1) is 12.9. The largest absolute Gasteiger partial charge is 0.314 e. The second-order valence-corrected chi connectivity index (χ2v) is 5.82. The molecule has 2 heteroatoms. The SMILES string of the molecule is C(=Cc1ccccc1)CN1CC[C@H]2NCCC[C@@H]2C1. The number of benzene rings is 1. The fourth-order valence-electron chi connectivity index (χ4n) is 3.39. The van der Waals surface area contributed by atoms with Gasteiger partial charge in [0, 0.05) is 19.1 Å². The predicted octanol–water partition coefficient (Wildman–Crippen LogP) is 2.77. The molecule has 0 aliphatic carbocycles. The van der Waals surface area contributed by atoms with Crippen molar-refractivity contribution in [1.29, 1.82) is 0 Å². The number of nitrogens with one attached hydrogen (secondary N) is 1. The van der Waals surface area contributed by atoms with Gasteiger partial charge < -0.3 is 5.32 Å². The lowest BCUT2D eigenvalue weighted by atomic mass is 9.85. The highest BCUT2D eigenvalue weighted by Crippen LogP contribution is 2.24. The molecule has 2 aliphatic rings. The molecule has 0 aromatic heterocycles. The van der Waals surface area contributed by atoms with Crippen molar-refractivity contribution in [2.45, 2.75) is 25.3 Å². The molecule has 0 radical (unpaired) electrons. The normalized spacial score (nSPS) is 28.4. The second-order valence-electron chi connectivity index (χ2n) is 5.82. The molecule has 19 heavy (non-hydrogen) atoms. The molecular weight excluding hydrogens is 232 g/mol. The third-order valence-electron chi connectivity index (χ3n) is 4.45. The Bertz CT molecular complexity index is 413. The van der Waals surface area contributed by atoms with E-state index in [1.54, 1.807) is 0 Å². The second kappa shape index (κ2) is 6.36. The van der Waals surface area contributed by atoms with Gasteiger partial charge in [-0.05, 0) is 43.8 Å². The summed E-state index contributed by atoms with van der Waals surface area (Å²) >= 11 is 0. The van der Waals surface area contributed by atoms with Crippen LogP contribution in [0.4, 0.5) is 0 Å². The van der Waals surface area contributed by atoms with Crippen LogP contribution in [0, 0.1) is 5.92 Å². The molecule has 102 valence electrons. The summed E-state index contributed by atoms with van der Waals surface area (Å²) < 4.78 is 0. The van der Waals surface area contributed by atoms with Gasteiger partial charge in [-0.25, -0.2) is 0 Å². The maximum Gasteiger partial charge on any atom is 0.0166 e. The lowest BCUT2D eigenvalue weighted by Gasteiger charge is -2.41. The van der Waals surface area contributed by atoms with Crippen LogP contribution in [0.25, 0.3) is 6.08 Å². The highest BCUT2D eigenvalue weighted by Gasteiger charge is 2.30. The molecule has 0 saturated carbocycles. The minimum Gasteiger partial charge on any atom is -0.314 e. The standard InChI is InChI=1S/C17H24N2/c1-2-6-15(7-3-1)8-5-12-19-13-10-17-16(14-19)9-4-11-18-17/h1-3,5-8,16-18H,4,9-14H2/t16-,17-/m1/s1. The Labute approximate surface area is 116 Å². The summed E-state index contributed by atoms with van der Waals surface area (Å²) in [5.41, 5.74) is 1.30. The van der Waals surface area contributed by atoms with Gasteiger partial charge in [-0.15, -0.1) is 0 Å². The molecule has 1 aromatic rings. The number of nitrogens with zero attached hydrogens (tertiary/aromatic N) is 1. The quantitative estimate of drug-likeness (QED) is 0.894. The van der Waals surface area contributed by atoms with Crippen LogP contribution in [0.2, 0.25) is 0 Å². The van der Waals surface area contributed by atoms with Gasteiger partial charge in [0.05, 0.1) is 0 Å². The highest BCUT2D eigenvalue weighted by atomic mass is 15.1. The maximum absolute atomic E-state index is 3.68. The van der Waals surface area contributed by atoms with E-state index in [1.807, 2.05) is 0 Å². The third kappa shape index (κ3) is 3.46. The summed E-state index contributed by atoms with van der Waals surface area (Å²) in [4.78, 5) is 2.60. The molecule has 1 aromatic carbocycles. The Morgan fingerprint density at radius 1 is 1.21 bits per heavy atom. The Morgan fingerprint density at radius 2 is 2.11 bits per heavy atom. The zero-order valence-corrected chi connectivity index (χ0v) is 11.6. The topological polar surface area (TPSA) is 15.3 Å². The van der Waals surface area contributed by atoms with Crippen LogP contribution in [0.1, 0.15) is 24.8 Å². The van der Waals surface area contributed by atoms with Gasteiger partial charge in [-0.3, -0.25) is 4.90 Å². The molecule has 2 saturated heterocycles. The summed E-state index contributed by atoms with van der Waals surface area (Å²) in [7, 11) is 0. The first-order valence-corrected chi connectivity index (χ1v) is 7.59. The molecule has 2 nitrogen and oxygen atoms in total. The fourth-order valence-corrected chi connectivity index (χ4v) is 3.39. The molecule has 3 rings (SSSR count). The van der Waals surface area contributed by atoms with Crippen LogP contribution < -0.4 is 5.32 Å². The van der Waals surface area contributed by atoms with E-state index in [-0.39, 0.29) is 0 Å². The Morgan fingerprint density at radius 3 is 3.00 bits per heavy atom. The fraction of sp³-hybridized carbons (Fsp3) is 0.529. The van der Waals surface area contributed by atoms with Crippen molar-refractivity contribution in [2.24, 2.45) is 5.92 Å². The first-order valence-electron chi connectivity index (χ1n) is 7.59. The van der Waals surface area contributed by atoms with Crippen LogP contribution >= 0.6 is 0 Å². The van der Waals surface area contributed by atoms with Gasteiger partial charge in [-0.1, -0.05) is 42.5 Å². The van der Waals surface area contributed by atoms with E-state index in [0.29, 0.717) is 0 Å². The van der Waals surface area contributed by atoms with E-state index < -0.39 is 0 Å². The number of fused-ring (bicyclic) bond motifs is 1. The molecule has 2 fully saturated rings. The van der Waals surface area contributed by atoms with Gasteiger partial charge in [0.2, 0.25) is 0 Å². The van der Waals surface area contributed by atoms with Gasteiger partial charge >= 0.3 is 0 Å². The van der Waals surface area contributed by atoms with Crippen molar-refractivity contribution in [3.63, 3.8) is 0 Å². The Hall–Kier alpha value is -1.12. The molecule has 2 atom stereocenters. The van der Waals surface area contributed by atoms with Crippen LogP contribution in [0.5, 0.6) is 0 Å². The molecule has 0 unspecified atom stereocenters. The number of likely N-dealkylation sites (tertiary alicyclic amines) is 1. The maximum atomic E-state index is 3.68. The summed E-state index contributed by atoms with van der Waals surface area (Å²) in [6, 6.07) is 11.4. The van der Waals surface area contributed by atoms with Crippen molar-refractivity contribution in [1.82, 2.24) is 10.2 Å². The van der Waals surface area contributed by atoms with Gasteiger partial charge in [0.25, 0.3) is 0 Å². The van der Waals surface area contributed by atoms with E-state index in [9.17, 15) is 0 Å². The van der Waals surface area contributed by atoms with E-state index in [0.717, 1.165) is 18.5 Å². The predicted molar refractivity (Wildman–Crippen MR) is 81.0 cm³/mol. The average Bonchev–Trinajstić information content (AvgIpc) is 2.48. The van der Waals surface area contributed by atoms with Crippen molar-refractivity contribution in [3.8, 4) is 0 Å². The van der Waals surface area contributed by atoms with Crippen molar-refractivity contribution in [2.75, 3.05) is 26.2 Å². The average molecular weight is 256 g/mol. The van der Waals surface area contributed by atoms with E-state index in [1.165, 1.54) is 44.5 Å². The molecule has 1 N–H and O–H groups in total. The molecule has 2 heterocycles. The number of hydrogen-bond acceptors (Lipinski definition) is 2. The van der Waals surface area contributed by atoms with Crippen LogP contribution in [-0.2, 0) is 0 Å². The molecular formula is C17H24N2. The number of hydrogen-bond donors (Lipinski definition) is 1. The number of piperidine rings is 2. The van der Waals surface area contributed by atoms with Crippen LogP contribution in [0.15, 0.2) is 36.4 Å². The monoisotopic (exact) mass is 256 g/mol. The van der Waals surface area contributed by atoms with Gasteiger partial charge in [-0.2, -0.15) is 0 Å². The summed E-state index contributed by atoms with van der Waals surface area (Å²) in [5, 5.41) is 3.68. The Kier molecular flexibility index (Phi) is 4.31. The van der Waals surface area contributed by atoms with Crippen molar-refractivity contribution >= 4 is 6.08 Å². The van der Waals surface area contributed by atoms with E-state index in [4.69, 9.17) is 0 Å². The van der Waals surface area contributed by atoms with Gasteiger partial charge in [0.1, 0.15) is 0 Å². The number of rotatable bonds is 3. The molecule has 0 spiro atoms. The van der Waals surface area contributed by atoms with E-state index in [2.05, 4.69) is 52.7 Å².